The van der Waals surface area contributed by atoms with Gasteiger partial charge in [0, 0.05) is 42.7 Å². The maximum Gasteiger partial charge on any atom is 0.327 e. The number of hydrogen-bond acceptors (Lipinski definition) is 10. The normalized spacial score (nSPS) is 18.5. The van der Waals surface area contributed by atoms with Crippen LogP contribution in [0.25, 0.3) is 0 Å². The van der Waals surface area contributed by atoms with Crippen LogP contribution < -0.4 is 20.1 Å². The number of anilines is 1. The van der Waals surface area contributed by atoms with Crippen LogP contribution in [0, 0.1) is 0 Å². The molecule has 0 aliphatic carbocycles. The number of pyridine rings is 1. The van der Waals surface area contributed by atoms with Crippen molar-refractivity contribution in [3.05, 3.63) is 82.7 Å². The topological polar surface area (TPSA) is 224 Å². The van der Waals surface area contributed by atoms with Crippen LogP contribution in [0.5, 0.6) is 0 Å². The number of carbonyl (C=O) groups excluding carboxylic acids is 1. The van der Waals surface area contributed by atoms with E-state index in [0.29, 0.717) is 61.6 Å². The molecule has 1 amide bonds. The molecule has 19 heteroatoms. The van der Waals surface area contributed by atoms with Crippen molar-refractivity contribution in [1.29, 1.82) is 0 Å². The minimum absolute atomic E-state index is 0.00360. The van der Waals surface area contributed by atoms with Crippen LogP contribution >= 0.6 is 11.6 Å². The molecule has 2 aliphatic heterocycles. The van der Waals surface area contributed by atoms with E-state index in [2.05, 4.69) is 15.5 Å². The van der Waals surface area contributed by atoms with E-state index in [-0.39, 0.29) is 30.2 Å². The zero-order chi connectivity index (χ0) is 43.6. The SMILES string of the molecule is CNCCCNC(=O)CCCCCN1/C(=C/C=C/C=C/C2=Nc3c(cc(Cl)c[n+]3CCCS(=O)(=O)O)C2(C)C)C(C)(CCCCS(=O)(=O)O)c2cc(S(=O)(=O)O)ccc21. The highest BCUT2D eigenvalue weighted by molar-refractivity contribution is 7.86. The second-order valence-electron chi connectivity index (χ2n) is 15.6. The molecule has 326 valence electrons. The third-order valence-corrected chi connectivity index (χ3v) is 13.4. The summed E-state index contributed by atoms with van der Waals surface area (Å²) in [5.74, 6) is -0.181. The van der Waals surface area contributed by atoms with Crippen LogP contribution in [0.2, 0.25) is 5.02 Å². The molecule has 5 N–H and O–H groups in total. The molecule has 15 nitrogen and oxygen atoms in total. The third-order valence-electron chi connectivity index (χ3n) is 10.7. The molecular formula is C40H57ClN5O10S3+. The first-order valence-electron chi connectivity index (χ1n) is 19.7. The monoisotopic (exact) mass is 898 g/mol. The summed E-state index contributed by atoms with van der Waals surface area (Å²) in [5, 5.41) is 6.45. The fraction of sp³-hybridized carbons (Fsp3) is 0.525. The lowest BCUT2D eigenvalue weighted by molar-refractivity contribution is -0.684. The Labute approximate surface area is 354 Å². The molecule has 0 saturated heterocycles. The van der Waals surface area contributed by atoms with Gasteiger partial charge >= 0.3 is 5.82 Å². The minimum Gasteiger partial charge on any atom is -0.356 e. The van der Waals surface area contributed by atoms with Gasteiger partial charge in [-0.05, 0) is 113 Å². The molecule has 1 aromatic carbocycles. The van der Waals surface area contributed by atoms with Gasteiger partial charge in [0.15, 0.2) is 5.71 Å². The maximum absolute atomic E-state index is 12.3. The molecule has 0 radical (unpaired) electrons. The quantitative estimate of drug-likeness (QED) is 0.0396. The lowest BCUT2D eigenvalue weighted by atomic mass is 9.77. The Kier molecular flexibility index (Phi) is 16.6. The number of carbonyl (C=O) groups is 1. The number of fused-ring (bicyclic) bond motifs is 2. The lowest BCUT2D eigenvalue weighted by Crippen LogP contribution is -2.36. The molecule has 4 rings (SSSR count). The zero-order valence-electron chi connectivity index (χ0n) is 34.0. The molecular weight excluding hydrogens is 842 g/mol. The first-order chi connectivity index (χ1) is 27.6. The number of allylic oxidation sites excluding steroid dienone is 6. The molecule has 1 unspecified atom stereocenters. The van der Waals surface area contributed by atoms with Crippen LogP contribution in [0.3, 0.4) is 0 Å². The highest BCUT2D eigenvalue weighted by atomic mass is 35.5. The van der Waals surface area contributed by atoms with Crippen molar-refractivity contribution in [2.24, 2.45) is 4.99 Å². The van der Waals surface area contributed by atoms with Gasteiger partial charge in [0.25, 0.3) is 30.4 Å². The van der Waals surface area contributed by atoms with E-state index in [1.165, 1.54) is 12.1 Å². The van der Waals surface area contributed by atoms with Crippen LogP contribution in [0.1, 0.15) is 89.7 Å². The molecule has 1 atom stereocenters. The first-order valence-corrected chi connectivity index (χ1v) is 24.7. The summed E-state index contributed by atoms with van der Waals surface area (Å²) in [6.45, 7) is 8.19. The number of aromatic nitrogens is 1. The number of benzene rings is 1. The van der Waals surface area contributed by atoms with E-state index >= 15 is 0 Å². The van der Waals surface area contributed by atoms with E-state index in [1.54, 1.807) is 16.8 Å². The number of amides is 1. The Morgan fingerprint density at radius 3 is 2.25 bits per heavy atom. The van der Waals surface area contributed by atoms with Crippen molar-refractivity contribution in [2.45, 2.75) is 101 Å². The fourth-order valence-electron chi connectivity index (χ4n) is 7.54. The van der Waals surface area contributed by atoms with Crippen molar-refractivity contribution in [2.75, 3.05) is 43.1 Å². The van der Waals surface area contributed by atoms with Gasteiger partial charge in [-0.3, -0.25) is 18.5 Å². The number of aliphatic imine (C=N–C) groups is 1. The van der Waals surface area contributed by atoms with E-state index in [0.717, 1.165) is 42.0 Å². The highest BCUT2D eigenvalue weighted by Gasteiger charge is 2.44. The van der Waals surface area contributed by atoms with Gasteiger partial charge < -0.3 is 15.5 Å². The largest absolute Gasteiger partial charge is 0.356 e. The van der Waals surface area contributed by atoms with Crippen LogP contribution in [-0.4, -0.2) is 88.7 Å². The number of unbranched alkanes of at least 4 members (excludes halogenated alkanes) is 3. The van der Waals surface area contributed by atoms with Gasteiger partial charge in [-0.25, -0.2) is 4.57 Å². The van der Waals surface area contributed by atoms with Gasteiger partial charge in [-0.2, -0.15) is 25.3 Å². The van der Waals surface area contributed by atoms with Crippen LogP contribution in [-0.2, 0) is 52.5 Å². The van der Waals surface area contributed by atoms with E-state index < -0.39 is 52.7 Å². The number of nitrogens with one attached hydrogen (secondary N) is 2. The summed E-state index contributed by atoms with van der Waals surface area (Å²) < 4.78 is 101. The minimum atomic E-state index is -4.54. The smallest absolute Gasteiger partial charge is 0.327 e. The molecule has 0 saturated carbocycles. The van der Waals surface area contributed by atoms with Crippen LogP contribution in [0.4, 0.5) is 11.5 Å². The molecule has 0 spiro atoms. The Hall–Kier alpha value is -3.49. The van der Waals surface area contributed by atoms with Gasteiger partial charge in [-0.1, -0.05) is 42.7 Å². The van der Waals surface area contributed by atoms with E-state index in [9.17, 15) is 43.7 Å². The standard InChI is InChI=1S/C40H56ClN5O10S3/c1-39(2)33-27-30(41)29-45(23-14-26-58(51,52)53)38(33)44-35(39)15-7-5-8-16-36-40(3,20-10-12-25-57(48,49)50)32-28-31(59(54,55)56)18-19-34(32)46(36)24-11-6-9-17-37(47)43-22-13-21-42-4/h5,7-8,15-16,18-19,27-29,42H,6,9-14,17,20-26H2,1-4H3,(H3-,43,47,48,49,50,51,52,53,54,55,56)/p+1. The summed E-state index contributed by atoms with van der Waals surface area (Å²) >= 11 is 6.45. The van der Waals surface area contributed by atoms with Crippen molar-refractivity contribution < 1.29 is 48.3 Å². The Bertz CT molecular complexity index is 2310. The number of halogens is 1. The van der Waals surface area contributed by atoms with Crippen LogP contribution in [0.15, 0.2) is 76.4 Å². The summed E-state index contributed by atoms with van der Waals surface area (Å²) in [6.07, 6.45) is 15.5. The van der Waals surface area contributed by atoms with Crippen molar-refractivity contribution in [3.8, 4) is 0 Å². The van der Waals surface area contributed by atoms with Crippen molar-refractivity contribution in [1.82, 2.24) is 10.6 Å². The van der Waals surface area contributed by atoms with Gasteiger partial charge in [0.2, 0.25) is 5.91 Å². The molecule has 3 heterocycles. The predicted molar refractivity (Wildman–Crippen MR) is 230 cm³/mol. The summed E-state index contributed by atoms with van der Waals surface area (Å²) in [7, 11) is -11.0. The average Bonchev–Trinajstić information content (AvgIpc) is 3.52. The Morgan fingerprint density at radius 1 is 0.864 bits per heavy atom. The van der Waals surface area contributed by atoms with Gasteiger partial charge in [-0.15, -0.1) is 0 Å². The maximum atomic E-state index is 12.3. The molecule has 1 aromatic heterocycles. The Balaban J connectivity index is 1.62. The van der Waals surface area contributed by atoms with E-state index in [1.807, 2.05) is 64.3 Å². The zero-order valence-corrected chi connectivity index (χ0v) is 37.2. The van der Waals surface area contributed by atoms with Crippen molar-refractivity contribution >= 4 is 65.1 Å². The first kappa shape index (κ1) is 48.2. The van der Waals surface area contributed by atoms with E-state index in [4.69, 9.17) is 16.6 Å². The summed E-state index contributed by atoms with van der Waals surface area (Å²) in [6, 6.07) is 6.31. The number of nitrogens with zero attached hydrogens (tertiary/aromatic N) is 3. The van der Waals surface area contributed by atoms with Crippen molar-refractivity contribution in [3.63, 3.8) is 0 Å². The Morgan fingerprint density at radius 2 is 1.58 bits per heavy atom. The highest BCUT2D eigenvalue weighted by Crippen LogP contribution is 2.51. The number of hydrogen-bond donors (Lipinski definition) is 5. The lowest BCUT2D eigenvalue weighted by Gasteiger charge is -2.30. The predicted octanol–water partition coefficient (Wildman–Crippen LogP) is 5.63. The molecule has 0 fully saturated rings. The molecule has 2 aliphatic rings. The number of aryl methyl sites for hydroxylation is 1. The van der Waals surface area contributed by atoms with Gasteiger partial charge in [0.1, 0.15) is 6.20 Å². The second-order valence-corrected chi connectivity index (χ2v) is 20.6. The summed E-state index contributed by atoms with van der Waals surface area (Å²) in [4.78, 5) is 19.1. The number of rotatable bonds is 23. The molecule has 59 heavy (non-hydrogen) atoms. The molecule has 0 bridgehead atoms. The van der Waals surface area contributed by atoms with Gasteiger partial charge in [0.05, 0.1) is 38.9 Å². The summed E-state index contributed by atoms with van der Waals surface area (Å²) in [5.41, 5.74) is 2.45. The average molecular weight is 900 g/mol. The fourth-order valence-corrected chi connectivity index (χ4v) is 9.34. The molecule has 2 aromatic rings. The third kappa shape index (κ3) is 13.5. The second kappa shape index (κ2) is 20.4.